The molecule has 3 heteroatoms. The SMILES string of the molecule is O=Cc1cc2c(cc1C=O)CSC2. The molecule has 0 spiro atoms. The van der Waals surface area contributed by atoms with Gasteiger partial charge in [-0.25, -0.2) is 0 Å². The van der Waals surface area contributed by atoms with Crippen molar-refractivity contribution in [2.45, 2.75) is 11.5 Å². The van der Waals surface area contributed by atoms with Crippen molar-refractivity contribution in [3.05, 3.63) is 34.4 Å². The fourth-order valence-electron chi connectivity index (χ4n) is 1.47. The number of hydrogen-bond acceptors (Lipinski definition) is 3. The van der Waals surface area contributed by atoms with Crippen LogP contribution in [0.3, 0.4) is 0 Å². The first-order valence-electron chi connectivity index (χ1n) is 3.99. The number of thioether (sulfide) groups is 1. The maximum atomic E-state index is 10.6. The van der Waals surface area contributed by atoms with Gasteiger partial charge in [0, 0.05) is 22.6 Å². The maximum Gasteiger partial charge on any atom is 0.150 e. The van der Waals surface area contributed by atoms with Crippen LogP contribution in [0.2, 0.25) is 0 Å². The molecule has 0 aromatic heterocycles. The fourth-order valence-corrected chi connectivity index (χ4v) is 2.55. The molecule has 1 heterocycles. The lowest BCUT2D eigenvalue weighted by molar-refractivity contribution is 0.109. The van der Waals surface area contributed by atoms with Gasteiger partial charge in [0.05, 0.1) is 0 Å². The van der Waals surface area contributed by atoms with E-state index in [0.29, 0.717) is 11.1 Å². The van der Waals surface area contributed by atoms with Gasteiger partial charge in [-0.2, -0.15) is 11.8 Å². The first-order valence-corrected chi connectivity index (χ1v) is 5.14. The summed E-state index contributed by atoms with van der Waals surface area (Å²) in [5, 5.41) is 0. The van der Waals surface area contributed by atoms with Crippen LogP contribution in [0.25, 0.3) is 0 Å². The lowest BCUT2D eigenvalue weighted by Gasteiger charge is -2.01. The van der Waals surface area contributed by atoms with Crippen molar-refractivity contribution >= 4 is 24.3 Å². The molecule has 13 heavy (non-hydrogen) atoms. The Balaban J connectivity index is 2.59. The monoisotopic (exact) mass is 192 g/mol. The van der Waals surface area contributed by atoms with Crippen molar-refractivity contribution in [3.8, 4) is 0 Å². The highest BCUT2D eigenvalue weighted by molar-refractivity contribution is 7.98. The molecule has 1 aliphatic heterocycles. The summed E-state index contributed by atoms with van der Waals surface area (Å²) in [5.74, 6) is 1.91. The predicted octanol–water partition coefficient (Wildman–Crippen LogP) is 2.06. The molecule has 0 N–H and O–H groups in total. The van der Waals surface area contributed by atoms with E-state index in [0.717, 1.165) is 24.1 Å². The van der Waals surface area contributed by atoms with Gasteiger partial charge in [-0.1, -0.05) is 0 Å². The van der Waals surface area contributed by atoms with Gasteiger partial charge in [0.25, 0.3) is 0 Å². The molecule has 2 rings (SSSR count). The Kier molecular flexibility index (Phi) is 2.19. The van der Waals surface area contributed by atoms with E-state index in [1.165, 1.54) is 11.1 Å². The Morgan fingerprint density at radius 3 is 1.85 bits per heavy atom. The van der Waals surface area contributed by atoms with Crippen LogP contribution in [0.1, 0.15) is 31.8 Å². The zero-order valence-electron chi connectivity index (χ0n) is 6.95. The molecule has 0 atom stereocenters. The molecule has 2 nitrogen and oxygen atoms in total. The molecule has 0 aliphatic carbocycles. The minimum Gasteiger partial charge on any atom is -0.298 e. The van der Waals surface area contributed by atoms with E-state index < -0.39 is 0 Å². The summed E-state index contributed by atoms with van der Waals surface area (Å²) in [6, 6.07) is 3.65. The highest BCUT2D eigenvalue weighted by atomic mass is 32.2. The van der Waals surface area contributed by atoms with E-state index in [9.17, 15) is 9.59 Å². The number of rotatable bonds is 2. The molecule has 0 saturated carbocycles. The second-order valence-corrected chi connectivity index (χ2v) is 3.96. The molecule has 0 radical (unpaired) electrons. The summed E-state index contributed by atoms with van der Waals surface area (Å²) >= 11 is 1.81. The van der Waals surface area contributed by atoms with Gasteiger partial charge in [-0.05, 0) is 23.3 Å². The molecular weight excluding hydrogens is 184 g/mol. The van der Waals surface area contributed by atoms with Crippen molar-refractivity contribution < 1.29 is 9.59 Å². The van der Waals surface area contributed by atoms with E-state index >= 15 is 0 Å². The van der Waals surface area contributed by atoms with Crippen molar-refractivity contribution in [2.24, 2.45) is 0 Å². The topological polar surface area (TPSA) is 34.1 Å². The first-order chi connectivity index (χ1) is 6.35. The highest BCUT2D eigenvalue weighted by Gasteiger charge is 2.14. The number of carbonyl (C=O) groups is 2. The summed E-state index contributed by atoms with van der Waals surface area (Å²) in [4.78, 5) is 21.2. The van der Waals surface area contributed by atoms with Crippen LogP contribution in [0.5, 0.6) is 0 Å². The number of aldehydes is 2. The minimum atomic E-state index is 0.510. The quantitative estimate of drug-likeness (QED) is 0.672. The van der Waals surface area contributed by atoms with Gasteiger partial charge in [-0.15, -0.1) is 0 Å². The van der Waals surface area contributed by atoms with Crippen LogP contribution < -0.4 is 0 Å². The zero-order valence-corrected chi connectivity index (χ0v) is 7.76. The maximum absolute atomic E-state index is 10.6. The highest BCUT2D eigenvalue weighted by Crippen LogP contribution is 2.31. The summed E-state index contributed by atoms with van der Waals surface area (Å²) in [5.41, 5.74) is 3.41. The lowest BCUT2D eigenvalue weighted by atomic mass is 10.0. The molecule has 0 fully saturated rings. The third-order valence-electron chi connectivity index (χ3n) is 2.17. The molecule has 1 aromatic rings. The molecule has 0 amide bonds. The van der Waals surface area contributed by atoms with Gasteiger partial charge in [0.1, 0.15) is 0 Å². The fraction of sp³-hybridized carbons (Fsp3) is 0.200. The van der Waals surface area contributed by atoms with Crippen LogP contribution >= 0.6 is 11.8 Å². The minimum absolute atomic E-state index is 0.510. The normalized spacial score (nSPS) is 13.8. The lowest BCUT2D eigenvalue weighted by Crippen LogP contribution is -1.94. The van der Waals surface area contributed by atoms with Crippen molar-refractivity contribution in [1.29, 1.82) is 0 Å². The molecule has 0 unspecified atom stereocenters. The van der Waals surface area contributed by atoms with Gasteiger partial charge in [-0.3, -0.25) is 9.59 Å². The second kappa shape index (κ2) is 3.34. The predicted molar refractivity (Wildman–Crippen MR) is 52.2 cm³/mol. The van der Waals surface area contributed by atoms with Crippen LogP contribution in [-0.4, -0.2) is 12.6 Å². The van der Waals surface area contributed by atoms with Gasteiger partial charge < -0.3 is 0 Å². The number of fused-ring (bicyclic) bond motifs is 1. The first kappa shape index (κ1) is 8.51. The summed E-state index contributed by atoms with van der Waals surface area (Å²) in [6.45, 7) is 0. The second-order valence-electron chi connectivity index (χ2n) is 2.98. The van der Waals surface area contributed by atoms with Gasteiger partial charge in [0.15, 0.2) is 12.6 Å². The van der Waals surface area contributed by atoms with Crippen molar-refractivity contribution in [3.63, 3.8) is 0 Å². The Morgan fingerprint density at radius 1 is 1.00 bits per heavy atom. The zero-order chi connectivity index (χ0) is 9.26. The van der Waals surface area contributed by atoms with Crippen LogP contribution in [0.15, 0.2) is 12.1 Å². The van der Waals surface area contributed by atoms with E-state index in [1.54, 1.807) is 0 Å². The molecule has 66 valence electrons. The van der Waals surface area contributed by atoms with E-state index in [-0.39, 0.29) is 0 Å². The Labute approximate surface area is 80.3 Å². The Morgan fingerprint density at radius 2 is 1.46 bits per heavy atom. The summed E-state index contributed by atoms with van der Waals surface area (Å²) in [6.07, 6.45) is 1.49. The third-order valence-corrected chi connectivity index (χ3v) is 3.20. The van der Waals surface area contributed by atoms with Crippen LogP contribution in [-0.2, 0) is 11.5 Å². The van der Waals surface area contributed by atoms with E-state index in [1.807, 2.05) is 23.9 Å². The molecular formula is C10H8O2S. The summed E-state index contributed by atoms with van der Waals surface area (Å²) < 4.78 is 0. The van der Waals surface area contributed by atoms with Crippen molar-refractivity contribution in [2.75, 3.05) is 0 Å². The molecule has 1 aliphatic rings. The Hall–Kier alpha value is -1.09. The van der Waals surface area contributed by atoms with Crippen LogP contribution in [0, 0.1) is 0 Å². The number of benzene rings is 1. The number of hydrogen-bond donors (Lipinski definition) is 0. The number of carbonyl (C=O) groups excluding carboxylic acids is 2. The molecule has 0 bridgehead atoms. The summed E-state index contributed by atoms with van der Waals surface area (Å²) in [7, 11) is 0. The van der Waals surface area contributed by atoms with Crippen LogP contribution in [0.4, 0.5) is 0 Å². The molecule has 0 saturated heterocycles. The van der Waals surface area contributed by atoms with Crippen molar-refractivity contribution in [1.82, 2.24) is 0 Å². The van der Waals surface area contributed by atoms with Gasteiger partial charge in [0.2, 0.25) is 0 Å². The Bertz CT molecular complexity index is 336. The molecule has 1 aromatic carbocycles. The third kappa shape index (κ3) is 1.40. The van der Waals surface area contributed by atoms with E-state index in [2.05, 4.69) is 0 Å². The van der Waals surface area contributed by atoms with E-state index in [4.69, 9.17) is 0 Å². The smallest absolute Gasteiger partial charge is 0.150 e. The average molecular weight is 192 g/mol. The standard InChI is InChI=1S/C10H8O2S/c11-3-7-1-9-5-13-6-10(9)2-8(7)4-12/h1-4H,5-6H2. The largest absolute Gasteiger partial charge is 0.298 e. The average Bonchev–Trinajstić information content (AvgIpc) is 2.62. The van der Waals surface area contributed by atoms with Gasteiger partial charge >= 0.3 is 0 Å².